The lowest BCUT2D eigenvalue weighted by atomic mass is 9.94. The van der Waals surface area contributed by atoms with Crippen LogP contribution in [0.5, 0.6) is 0 Å². The largest absolute Gasteiger partial charge is 0.296 e. The Kier molecular flexibility index (Phi) is 4.95. The molecule has 1 aromatic carbocycles. The van der Waals surface area contributed by atoms with Gasteiger partial charge in [0, 0.05) is 16.1 Å². The third kappa shape index (κ3) is 3.66. The van der Waals surface area contributed by atoms with Crippen LogP contribution in [0.1, 0.15) is 42.5 Å². The van der Waals surface area contributed by atoms with Crippen LogP contribution in [0, 0.1) is 0 Å². The lowest BCUT2D eigenvalue weighted by molar-refractivity contribution is 0.0899. The molecule has 1 aliphatic carbocycles. The number of hydrogen-bond acceptors (Lipinski definition) is 2. The van der Waals surface area contributed by atoms with E-state index < -0.39 is 0 Å². The maximum atomic E-state index is 12.2. The molecule has 2 nitrogen and oxygen atoms in total. The monoisotopic (exact) mass is 309 g/mol. The molecule has 1 aromatic rings. The van der Waals surface area contributed by atoms with Crippen LogP contribution < -0.4 is 0 Å². The molecule has 0 bridgehead atoms. The topological polar surface area (TPSA) is 20.3 Å². The fourth-order valence-electron chi connectivity index (χ4n) is 2.63. The highest BCUT2D eigenvalue weighted by Gasteiger charge is 2.20. The van der Waals surface area contributed by atoms with E-state index >= 15 is 0 Å². The van der Waals surface area contributed by atoms with Crippen LogP contribution in [0.25, 0.3) is 0 Å². The number of benzene rings is 1. The minimum Gasteiger partial charge on any atom is -0.296 e. The van der Waals surface area contributed by atoms with Gasteiger partial charge in [0.2, 0.25) is 0 Å². The van der Waals surface area contributed by atoms with Crippen LogP contribution in [-0.2, 0) is 0 Å². The SMILES string of the molecule is CN(CC(=O)c1cccc(Br)c1)C1CCCCC1. The van der Waals surface area contributed by atoms with Crippen LogP contribution in [0.4, 0.5) is 0 Å². The van der Waals surface area contributed by atoms with Gasteiger partial charge in [0.05, 0.1) is 6.54 Å². The smallest absolute Gasteiger partial charge is 0.176 e. The van der Waals surface area contributed by atoms with E-state index in [0.717, 1.165) is 10.0 Å². The Hall–Kier alpha value is -0.670. The second-order valence-corrected chi connectivity index (χ2v) is 6.06. The van der Waals surface area contributed by atoms with Crippen molar-refractivity contribution in [1.29, 1.82) is 0 Å². The number of nitrogens with zero attached hydrogens (tertiary/aromatic N) is 1. The molecule has 18 heavy (non-hydrogen) atoms. The van der Waals surface area contributed by atoms with E-state index in [1.165, 1.54) is 32.1 Å². The number of likely N-dealkylation sites (N-methyl/N-ethyl adjacent to an activating group) is 1. The van der Waals surface area contributed by atoms with Crippen molar-refractivity contribution in [2.75, 3.05) is 13.6 Å². The zero-order valence-electron chi connectivity index (χ0n) is 10.9. The molecule has 0 aromatic heterocycles. The number of hydrogen-bond donors (Lipinski definition) is 0. The minimum atomic E-state index is 0.212. The van der Waals surface area contributed by atoms with E-state index in [1.54, 1.807) is 0 Å². The third-order valence-corrected chi connectivity index (χ3v) is 4.23. The van der Waals surface area contributed by atoms with Gasteiger partial charge in [-0.2, -0.15) is 0 Å². The Labute approximate surface area is 117 Å². The van der Waals surface area contributed by atoms with Crippen molar-refractivity contribution < 1.29 is 4.79 Å². The molecule has 1 aliphatic rings. The molecule has 0 unspecified atom stereocenters. The van der Waals surface area contributed by atoms with Crippen LogP contribution >= 0.6 is 15.9 Å². The molecule has 2 rings (SSSR count). The summed E-state index contributed by atoms with van der Waals surface area (Å²) in [5, 5.41) is 0. The lowest BCUT2D eigenvalue weighted by Crippen LogP contribution is -2.37. The first-order chi connectivity index (χ1) is 8.66. The van der Waals surface area contributed by atoms with Gasteiger partial charge in [0.25, 0.3) is 0 Å². The molecule has 0 N–H and O–H groups in total. The molecule has 0 spiro atoms. The first-order valence-electron chi connectivity index (χ1n) is 6.66. The Bertz CT molecular complexity index is 413. The van der Waals surface area contributed by atoms with Crippen molar-refractivity contribution in [2.45, 2.75) is 38.1 Å². The summed E-state index contributed by atoms with van der Waals surface area (Å²) in [4.78, 5) is 14.4. The van der Waals surface area contributed by atoms with Gasteiger partial charge < -0.3 is 0 Å². The molecule has 0 heterocycles. The van der Waals surface area contributed by atoms with Crippen LogP contribution in [0.2, 0.25) is 0 Å². The molecular formula is C15H20BrNO. The number of halogens is 1. The van der Waals surface area contributed by atoms with Crippen LogP contribution in [-0.4, -0.2) is 30.3 Å². The highest BCUT2D eigenvalue weighted by molar-refractivity contribution is 9.10. The third-order valence-electron chi connectivity index (χ3n) is 3.74. The summed E-state index contributed by atoms with van der Waals surface area (Å²) in [6.45, 7) is 0.529. The average molecular weight is 310 g/mol. The Morgan fingerprint density at radius 2 is 2.06 bits per heavy atom. The first-order valence-corrected chi connectivity index (χ1v) is 7.45. The average Bonchev–Trinajstić information content (AvgIpc) is 2.39. The van der Waals surface area contributed by atoms with Crippen molar-refractivity contribution in [3.8, 4) is 0 Å². The van der Waals surface area contributed by atoms with Crippen molar-refractivity contribution >= 4 is 21.7 Å². The Morgan fingerprint density at radius 1 is 1.33 bits per heavy atom. The fourth-order valence-corrected chi connectivity index (χ4v) is 3.03. The zero-order valence-corrected chi connectivity index (χ0v) is 12.4. The van der Waals surface area contributed by atoms with E-state index in [2.05, 4.69) is 27.9 Å². The summed E-state index contributed by atoms with van der Waals surface area (Å²) in [6.07, 6.45) is 6.44. The second kappa shape index (κ2) is 6.48. The molecule has 98 valence electrons. The van der Waals surface area contributed by atoms with Crippen LogP contribution in [0.3, 0.4) is 0 Å². The number of carbonyl (C=O) groups excluding carboxylic acids is 1. The standard InChI is InChI=1S/C15H20BrNO/c1-17(14-8-3-2-4-9-14)11-15(18)12-6-5-7-13(16)10-12/h5-7,10,14H,2-4,8-9,11H2,1H3. The van der Waals surface area contributed by atoms with Gasteiger partial charge in [0.15, 0.2) is 5.78 Å². The molecule has 0 atom stereocenters. The molecule has 3 heteroatoms. The maximum absolute atomic E-state index is 12.2. The molecule has 0 radical (unpaired) electrons. The molecular weight excluding hydrogens is 290 g/mol. The number of carbonyl (C=O) groups is 1. The predicted molar refractivity (Wildman–Crippen MR) is 78.0 cm³/mol. The fraction of sp³-hybridized carbons (Fsp3) is 0.533. The summed E-state index contributed by atoms with van der Waals surface area (Å²) >= 11 is 3.41. The number of ketones is 1. The van der Waals surface area contributed by atoms with Gasteiger partial charge >= 0.3 is 0 Å². The van der Waals surface area contributed by atoms with Crippen molar-refractivity contribution in [1.82, 2.24) is 4.90 Å². The van der Waals surface area contributed by atoms with Crippen molar-refractivity contribution in [3.05, 3.63) is 34.3 Å². The van der Waals surface area contributed by atoms with Gasteiger partial charge in [-0.1, -0.05) is 47.3 Å². The zero-order chi connectivity index (χ0) is 13.0. The molecule has 0 amide bonds. The number of rotatable bonds is 4. The Morgan fingerprint density at radius 3 is 2.72 bits per heavy atom. The summed E-state index contributed by atoms with van der Waals surface area (Å²) in [5.41, 5.74) is 0.798. The lowest BCUT2D eigenvalue weighted by Gasteiger charge is -2.30. The molecule has 0 aliphatic heterocycles. The molecule has 1 saturated carbocycles. The van der Waals surface area contributed by atoms with E-state index in [9.17, 15) is 4.79 Å². The summed E-state index contributed by atoms with van der Waals surface area (Å²) in [6, 6.07) is 8.24. The van der Waals surface area contributed by atoms with Crippen LogP contribution in [0.15, 0.2) is 28.7 Å². The minimum absolute atomic E-state index is 0.212. The normalized spacial score (nSPS) is 17.1. The number of Topliss-reactive ketones (excluding diaryl/α,β-unsaturated/α-hetero) is 1. The van der Waals surface area contributed by atoms with Gasteiger partial charge in [-0.25, -0.2) is 0 Å². The highest BCUT2D eigenvalue weighted by atomic mass is 79.9. The van der Waals surface area contributed by atoms with Gasteiger partial charge in [0.1, 0.15) is 0 Å². The summed E-state index contributed by atoms with van der Waals surface area (Å²) < 4.78 is 0.966. The quantitative estimate of drug-likeness (QED) is 0.786. The second-order valence-electron chi connectivity index (χ2n) is 5.14. The van der Waals surface area contributed by atoms with Gasteiger partial charge in [-0.3, -0.25) is 9.69 Å². The van der Waals surface area contributed by atoms with Gasteiger partial charge in [-0.15, -0.1) is 0 Å². The van der Waals surface area contributed by atoms with Gasteiger partial charge in [-0.05, 0) is 32.0 Å². The highest BCUT2D eigenvalue weighted by Crippen LogP contribution is 2.22. The summed E-state index contributed by atoms with van der Waals surface area (Å²) in [5.74, 6) is 0.212. The summed E-state index contributed by atoms with van der Waals surface area (Å²) in [7, 11) is 2.08. The van der Waals surface area contributed by atoms with E-state index in [1.807, 2.05) is 24.3 Å². The van der Waals surface area contributed by atoms with Crippen molar-refractivity contribution in [2.24, 2.45) is 0 Å². The predicted octanol–water partition coefficient (Wildman–Crippen LogP) is 3.90. The first kappa shape index (κ1) is 13.8. The van der Waals surface area contributed by atoms with Crippen molar-refractivity contribution in [3.63, 3.8) is 0 Å². The van der Waals surface area contributed by atoms with E-state index in [0.29, 0.717) is 12.6 Å². The molecule has 0 saturated heterocycles. The van der Waals surface area contributed by atoms with E-state index in [4.69, 9.17) is 0 Å². The van der Waals surface area contributed by atoms with E-state index in [-0.39, 0.29) is 5.78 Å². The Balaban J connectivity index is 1.94. The maximum Gasteiger partial charge on any atom is 0.176 e. The molecule has 1 fully saturated rings.